The first-order chi connectivity index (χ1) is 15.5. The van der Waals surface area contributed by atoms with Crippen molar-refractivity contribution in [2.75, 3.05) is 13.2 Å². The van der Waals surface area contributed by atoms with E-state index in [1.807, 2.05) is 12.1 Å². The molecule has 3 atom stereocenters. The SMILES string of the molecule is NC/C(=C\F)COc1ccc(C23CCC(C(=O)NC4C[C@H]5CC[C@@H](C4)O5)(CC2)CC3)cc1. The predicted octanol–water partition coefficient (Wildman–Crippen LogP) is 4.30. The Morgan fingerprint density at radius 2 is 1.72 bits per heavy atom. The molecule has 6 rings (SSSR count). The highest BCUT2D eigenvalue weighted by Crippen LogP contribution is 2.58. The van der Waals surface area contributed by atoms with E-state index < -0.39 is 0 Å². The second-order valence-corrected chi connectivity index (χ2v) is 10.4. The van der Waals surface area contributed by atoms with Gasteiger partial charge in [-0.05, 0) is 87.3 Å². The molecule has 32 heavy (non-hydrogen) atoms. The maximum Gasteiger partial charge on any atom is 0.226 e. The highest BCUT2D eigenvalue weighted by molar-refractivity contribution is 5.83. The normalized spacial score (nSPS) is 36.2. The van der Waals surface area contributed by atoms with Crippen LogP contribution < -0.4 is 15.8 Å². The van der Waals surface area contributed by atoms with Crippen LogP contribution in [0.3, 0.4) is 0 Å². The largest absolute Gasteiger partial charge is 0.489 e. The number of carbonyl (C=O) groups is 1. The van der Waals surface area contributed by atoms with Crippen LogP contribution in [0.5, 0.6) is 5.75 Å². The standard InChI is InChI=1S/C26H35FN2O3/c27-15-18(16-28)17-31-21-3-1-19(2-4-21)25-7-10-26(11-8-25,12-9-25)24(30)29-20-13-22-5-6-23(14-20)32-22/h1-4,15,20,22-23H,5-14,16-17,28H2,(H,29,30)/b18-15+/t20?,22-,23+,25?,26?. The minimum atomic E-state index is -0.181. The Morgan fingerprint density at radius 3 is 2.28 bits per heavy atom. The first-order valence-electron chi connectivity index (χ1n) is 12.2. The van der Waals surface area contributed by atoms with Crippen molar-refractivity contribution in [1.29, 1.82) is 0 Å². The van der Waals surface area contributed by atoms with E-state index in [-0.39, 0.29) is 35.9 Å². The molecule has 0 aromatic heterocycles. The number of nitrogens with two attached hydrogens (primary N) is 1. The molecule has 2 heterocycles. The summed E-state index contributed by atoms with van der Waals surface area (Å²) in [5, 5.41) is 3.42. The molecule has 3 aliphatic carbocycles. The fourth-order valence-electron chi connectivity index (χ4n) is 6.49. The maximum atomic E-state index is 13.3. The van der Waals surface area contributed by atoms with Gasteiger partial charge in [0.15, 0.2) is 0 Å². The van der Waals surface area contributed by atoms with Gasteiger partial charge in [0.1, 0.15) is 12.4 Å². The minimum Gasteiger partial charge on any atom is -0.489 e. The van der Waals surface area contributed by atoms with E-state index in [2.05, 4.69) is 17.4 Å². The third-order valence-corrected chi connectivity index (χ3v) is 8.66. The van der Waals surface area contributed by atoms with Crippen LogP contribution in [0, 0.1) is 5.41 Å². The third-order valence-electron chi connectivity index (χ3n) is 8.66. The molecule has 2 saturated heterocycles. The third kappa shape index (κ3) is 4.08. The molecule has 2 aliphatic heterocycles. The number of hydrogen-bond donors (Lipinski definition) is 2. The molecular formula is C26H35FN2O3. The summed E-state index contributed by atoms with van der Waals surface area (Å²) in [5.74, 6) is 1.01. The van der Waals surface area contributed by atoms with Gasteiger partial charge >= 0.3 is 0 Å². The van der Waals surface area contributed by atoms with Crippen LogP contribution >= 0.6 is 0 Å². The van der Waals surface area contributed by atoms with E-state index in [1.165, 1.54) is 5.56 Å². The monoisotopic (exact) mass is 442 g/mol. The van der Waals surface area contributed by atoms with Crippen molar-refractivity contribution in [2.24, 2.45) is 11.1 Å². The lowest BCUT2D eigenvalue weighted by molar-refractivity contribution is -0.139. The molecule has 174 valence electrons. The number of carbonyl (C=O) groups excluding carboxylic acids is 1. The van der Waals surface area contributed by atoms with E-state index in [0.29, 0.717) is 24.1 Å². The number of ether oxygens (including phenoxy) is 2. The van der Waals surface area contributed by atoms with E-state index in [1.54, 1.807) is 0 Å². The van der Waals surface area contributed by atoms with Gasteiger partial charge in [0, 0.05) is 23.6 Å². The van der Waals surface area contributed by atoms with Crippen molar-refractivity contribution in [3.63, 3.8) is 0 Å². The fraction of sp³-hybridized carbons (Fsp3) is 0.654. The first-order valence-corrected chi connectivity index (χ1v) is 12.2. The van der Waals surface area contributed by atoms with Gasteiger partial charge in [-0.15, -0.1) is 0 Å². The number of benzene rings is 1. The first kappa shape index (κ1) is 21.9. The Hall–Kier alpha value is -1.92. The molecule has 5 aliphatic rings. The van der Waals surface area contributed by atoms with Gasteiger partial charge in [-0.3, -0.25) is 4.79 Å². The Morgan fingerprint density at radius 1 is 1.09 bits per heavy atom. The zero-order valence-electron chi connectivity index (χ0n) is 18.8. The van der Waals surface area contributed by atoms with Gasteiger partial charge < -0.3 is 20.5 Å². The maximum absolute atomic E-state index is 13.3. The predicted molar refractivity (Wildman–Crippen MR) is 121 cm³/mol. The Kier molecular flexibility index (Phi) is 6.01. The number of rotatable bonds is 7. The van der Waals surface area contributed by atoms with Gasteiger partial charge in [0.25, 0.3) is 0 Å². The number of hydrogen-bond acceptors (Lipinski definition) is 4. The summed E-state index contributed by atoms with van der Waals surface area (Å²) in [6, 6.07) is 8.52. The van der Waals surface area contributed by atoms with E-state index in [4.69, 9.17) is 15.2 Å². The summed E-state index contributed by atoms with van der Waals surface area (Å²) in [6.07, 6.45) is 11.5. The lowest BCUT2D eigenvalue weighted by Crippen LogP contribution is -2.54. The summed E-state index contributed by atoms with van der Waals surface area (Å²) < 4.78 is 24.3. The number of amides is 1. The highest BCUT2D eigenvalue weighted by atomic mass is 19.1. The smallest absolute Gasteiger partial charge is 0.226 e. The zero-order chi connectivity index (χ0) is 22.2. The Labute approximate surface area is 189 Å². The van der Waals surface area contributed by atoms with Crippen molar-refractivity contribution in [3.05, 3.63) is 41.7 Å². The average Bonchev–Trinajstić information content (AvgIpc) is 3.19. The second-order valence-electron chi connectivity index (χ2n) is 10.4. The van der Waals surface area contributed by atoms with E-state index >= 15 is 0 Å². The van der Waals surface area contributed by atoms with Crippen molar-refractivity contribution in [1.82, 2.24) is 5.32 Å². The number of halogens is 1. The van der Waals surface area contributed by atoms with Gasteiger partial charge in [0.2, 0.25) is 5.91 Å². The highest BCUT2D eigenvalue weighted by Gasteiger charge is 2.53. The van der Waals surface area contributed by atoms with Crippen LogP contribution in [0.2, 0.25) is 0 Å². The molecule has 1 aromatic carbocycles. The molecule has 5 nitrogen and oxygen atoms in total. The number of fused-ring (bicyclic) bond motifs is 5. The van der Waals surface area contributed by atoms with Crippen molar-refractivity contribution in [3.8, 4) is 5.75 Å². The summed E-state index contributed by atoms with van der Waals surface area (Å²) in [7, 11) is 0. The summed E-state index contributed by atoms with van der Waals surface area (Å²) >= 11 is 0. The molecule has 1 aromatic rings. The molecule has 6 heteroatoms. The van der Waals surface area contributed by atoms with Crippen molar-refractivity contribution >= 4 is 5.91 Å². The van der Waals surface area contributed by atoms with Crippen molar-refractivity contribution in [2.45, 2.75) is 87.9 Å². The van der Waals surface area contributed by atoms with Crippen LogP contribution in [-0.2, 0) is 14.9 Å². The molecule has 1 unspecified atom stereocenters. The second kappa shape index (κ2) is 8.79. The molecule has 0 radical (unpaired) electrons. The van der Waals surface area contributed by atoms with Crippen LogP contribution in [0.4, 0.5) is 4.39 Å². The van der Waals surface area contributed by atoms with Crippen LogP contribution in [0.1, 0.15) is 69.8 Å². The minimum absolute atomic E-state index is 0.155. The molecule has 3 N–H and O–H groups in total. The topological polar surface area (TPSA) is 73.6 Å². The quantitative estimate of drug-likeness (QED) is 0.661. The van der Waals surface area contributed by atoms with E-state index in [9.17, 15) is 9.18 Å². The summed E-state index contributed by atoms with van der Waals surface area (Å²) in [6.45, 7) is 0.326. The Bertz CT molecular complexity index is 832. The molecule has 5 fully saturated rings. The lowest BCUT2D eigenvalue weighted by atomic mass is 9.51. The van der Waals surface area contributed by atoms with E-state index in [0.717, 1.165) is 70.0 Å². The van der Waals surface area contributed by atoms with Crippen LogP contribution in [-0.4, -0.2) is 37.3 Å². The average molecular weight is 443 g/mol. The van der Waals surface area contributed by atoms with Gasteiger partial charge in [-0.2, -0.15) is 0 Å². The van der Waals surface area contributed by atoms with Crippen LogP contribution in [0.15, 0.2) is 36.2 Å². The lowest BCUT2D eigenvalue weighted by Gasteiger charge is -2.53. The molecule has 1 amide bonds. The zero-order valence-corrected chi connectivity index (χ0v) is 18.8. The Balaban J connectivity index is 1.18. The molecule has 0 spiro atoms. The number of nitrogens with one attached hydrogen (secondary N) is 1. The van der Waals surface area contributed by atoms with Crippen molar-refractivity contribution < 1.29 is 18.7 Å². The van der Waals surface area contributed by atoms with Gasteiger partial charge in [-0.25, -0.2) is 4.39 Å². The molecule has 3 saturated carbocycles. The fourth-order valence-corrected chi connectivity index (χ4v) is 6.49. The van der Waals surface area contributed by atoms with Crippen LogP contribution in [0.25, 0.3) is 0 Å². The van der Waals surface area contributed by atoms with Gasteiger partial charge in [0.05, 0.1) is 18.5 Å². The molecule has 4 bridgehead atoms. The molecular weight excluding hydrogens is 407 g/mol. The van der Waals surface area contributed by atoms with Gasteiger partial charge in [-0.1, -0.05) is 12.1 Å². The summed E-state index contributed by atoms with van der Waals surface area (Å²) in [5.41, 5.74) is 7.24. The summed E-state index contributed by atoms with van der Waals surface area (Å²) in [4.78, 5) is 13.3.